The van der Waals surface area contributed by atoms with E-state index in [4.69, 9.17) is 9.47 Å². The first-order valence-electron chi connectivity index (χ1n) is 12.1. The number of aliphatic hydroxyl groups excluding tert-OH is 1. The van der Waals surface area contributed by atoms with Crippen molar-refractivity contribution in [3.8, 4) is 17.2 Å². The number of aryl methyl sites for hydroxylation is 1. The lowest BCUT2D eigenvalue weighted by molar-refractivity contribution is -0.140. The van der Waals surface area contributed by atoms with E-state index in [0.717, 1.165) is 11.1 Å². The van der Waals surface area contributed by atoms with Gasteiger partial charge in [0.05, 0.1) is 18.7 Å². The van der Waals surface area contributed by atoms with Gasteiger partial charge in [-0.05, 0) is 72.1 Å². The summed E-state index contributed by atoms with van der Waals surface area (Å²) in [5.74, 6) is 0.158. The third-order valence-corrected chi connectivity index (χ3v) is 6.44. The predicted octanol–water partition coefficient (Wildman–Crippen LogP) is 5.81. The molecule has 5 rings (SSSR count). The SMILES string of the molecule is COc1ccc(C(O)=C2C(=O)C(=O)N(Cc3cccnc3)[C@@H]2c2cccc(Oc3ccccc3)c2)cc1C. The van der Waals surface area contributed by atoms with Gasteiger partial charge in [-0.25, -0.2) is 0 Å². The smallest absolute Gasteiger partial charge is 0.295 e. The van der Waals surface area contributed by atoms with Crippen LogP contribution in [0.5, 0.6) is 17.2 Å². The van der Waals surface area contributed by atoms with Gasteiger partial charge in [-0.3, -0.25) is 14.6 Å². The number of ether oxygens (including phenoxy) is 2. The summed E-state index contributed by atoms with van der Waals surface area (Å²) < 4.78 is 11.3. The fourth-order valence-electron chi connectivity index (χ4n) is 4.63. The second-order valence-corrected chi connectivity index (χ2v) is 8.96. The van der Waals surface area contributed by atoms with Crippen LogP contribution in [0.15, 0.2) is 103 Å². The maximum Gasteiger partial charge on any atom is 0.295 e. The Bertz CT molecular complexity index is 1520. The highest BCUT2D eigenvalue weighted by atomic mass is 16.5. The summed E-state index contributed by atoms with van der Waals surface area (Å²) in [5.41, 5.74) is 2.62. The summed E-state index contributed by atoms with van der Waals surface area (Å²) in [7, 11) is 1.57. The molecule has 4 aromatic rings. The van der Waals surface area contributed by atoms with E-state index in [-0.39, 0.29) is 17.9 Å². The molecule has 190 valence electrons. The van der Waals surface area contributed by atoms with Crippen LogP contribution >= 0.6 is 0 Å². The Morgan fingerprint density at radius 3 is 2.45 bits per heavy atom. The van der Waals surface area contributed by atoms with Crippen LogP contribution in [0, 0.1) is 6.92 Å². The number of amides is 1. The Morgan fingerprint density at radius 1 is 0.947 bits per heavy atom. The van der Waals surface area contributed by atoms with Gasteiger partial charge in [0.1, 0.15) is 23.0 Å². The van der Waals surface area contributed by atoms with Crippen molar-refractivity contribution in [1.82, 2.24) is 9.88 Å². The van der Waals surface area contributed by atoms with Crippen LogP contribution in [0.1, 0.15) is 28.3 Å². The largest absolute Gasteiger partial charge is 0.507 e. The highest BCUT2D eigenvalue weighted by molar-refractivity contribution is 6.46. The second-order valence-electron chi connectivity index (χ2n) is 8.96. The second kappa shape index (κ2) is 10.6. The van der Waals surface area contributed by atoms with Crippen molar-refractivity contribution in [2.45, 2.75) is 19.5 Å². The average molecular weight is 507 g/mol. The Balaban J connectivity index is 1.62. The molecule has 2 heterocycles. The van der Waals surface area contributed by atoms with Gasteiger partial charge in [0.25, 0.3) is 11.7 Å². The Labute approximate surface area is 220 Å². The van der Waals surface area contributed by atoms with Gasteiger partial charge in [0.15, 0.2) is 0 Å². The monoisotopic (exact) mass is 506 g/mol. The molecule has 0 spiro atoms. The molecule has 1 aliphatic heterocycles. The normalized spacial score (nSPS) is 16.5. The quantitative estimate of drug-likeness (QED) is 0.193. The number of nitrogens with zero attached hydrogens (tertiary/aromatic N) is 2. The molecule has 7 nitrogen and oxygen atoms in total. The van der Waals surface area contributed by atoms with Crippen LogP contribution in [0.4, 0.5) is 0 Å². The zero-order valence-corrected chi connectivity index (χ0v) is 21.0. The molecule has 0 saturated carbocycles. The lowest BCUT2D eigenvalue weighted by Crippen LogP contribution is -2.29. The van der Waals surface area contributed by atoms with Crippen LogP contribution in [-0.2, 0) is 16.1 Å². The van der Waals surface area contributed by atoms with E-state index < -0.39 is 17.7 Å². The minimum atomic E-state index is -0.836. The topological polar surface area (TPSA) is 89.0 Å². The van der Waals surface area contributed by atoms with E-state index in [1.165, 1.54) is 4.90 Å². The Hall–Kier alpha value is -4.91. The number of benzene rings is 3. The first-order valence-corrected chi connectivity index (χ1v) is 12.1. The summed E-state index contributed by atoms with van der Waals surface area (Å²) >= 11 is 0. The number of ketones is 1. The third-order valence-electron chi connectivity index (χ3n) is 6.44. The van der Waals surface area contributed by atoms with Crippen LogP contribution in [0.2, 0.25) is 0 Å². The zero-order chi connectivity index (χ0) is 26.6. The molecule has 0 unspecified atom stereocenters. The van der Waals surface area contributed by atoms with E-state index in [0.29, 0.717) is 28.4 Å². The molecule has 1 N–H and O–H groups in total. The van der Waals surface area contributed by atoms with Gasteiger partial charge in [0.2, 0.25) is 0 Å². The van der Waals surface area contributed by atoms with Gasteiger partial charge in [-0.1, -0.05) is 36.4 Å². The number of likely N-dealkylation sites (tertiary alicyclic amines) is 1. The first-order chi connectivity index (χ1) is 18.5. The maximum absolute atomic E-state index is 13.4. The summed E-state index contributed by atoms with van der Waals surface area (Å²) in [4.78, 5) is 32.4. The van der Waals surface area contributed by atoms with Crippen molar-refractivity contribution in [2.75, 3.05) is 7.11 Å². The number of pyridine rings is 1. The lowest BCUT2D eigenvalue weighted by atomic mass is 9.94. The lowest BCUT2D eigenvalue weighted by Gasteiger charge is -2.25. The highest BCUT2D eigenvalue weighted by Crippen LogP contribution is 2.41. The highest BCUT2D eigenvalue weighted by Gasteiger charge is 2.46. The summed E-state index contributed by atoms with van der Waals surface area (Å²) in [6, 6.07) is 24.4. The molecule has 3 aromatic carbocycles. The number of methoxy groups -OCH3 is 1. The summed E-state index contributed by atoms with van der Waals surface area (Å²) in [6.45, 7) is 1.99. The van der Waals surface area contributed by atoms with Crippen LogP contribution < -0.4 is 9.47 Å². The van der Waals surface area contributed by atoms with E-state index in [1.807, 2.05) is 49.4 Å². The standard InChI is InChI=1S/C31H26N2O5/c1-20-16-23(13-14-26(20)37-2)29(34)27-28(33(31(36)30(27)35)19-21-8-7-15-32-18-21)22-9-6-12-25(17-22)38-24-10-4-3-5-11-24/h3-18,28,34H,19H2,1-2H3/t28-/m1/s1. The Kier molecular flexibility index (Phi) is 6.91. The number of aromatic nitrogens is 1. The molecular weight excluding hydrogens is 480 g/mol. The molecule has 0 radical (unpaired) electrons. The number of hydrogen-bond acceptors (Lipinski definition) is 6. The molecule has 7 heteroatoms. The summed E-state index contributed by atoms with van der Waals surface area (Å²) in [6.07, 6.45) is 3.30. The maximum atomic E-state index is 13.4. The molecule has 1 atom stereocenters. The predicted molar refractivity (Wildman–Crippen MR) is 143 cm³/mol. The van der Waals surface area contributed by atoms with E-state index >= 15 is 0 Å². The van der Waals surface area contributed by atoms with Crippen LogP contribution in [0.25, 0.3) is 5.76 Å². The summed E-state index contributed by atoms with van der Waals surface area (Å²) in [5, 5.41) is 11.4. The first kappa shape index (κ1) is 24.8. The van der Waals surface area contributed by atoms with Crippen molar-refractivity contribution in [2.24, 2.45) is 0 Å². The molecule has 1 saturated heterocycles. The van der Waals surface area contributed by atoms with Crippen molar-refractivity contribution in [1.29, 1.82) is 0 Å². The average Bonchev–Trinajstić information content (AvgIpc) is 3.19. The van der Waals surface area contributed by atoms with Crippen LogP contribution in [0.3, 0.4) is 0 Å². The molecule has 1 fully saturated rings. The third kappa shape index (κ3) is 4.86. The molecule has 0 bridgehead atoms. The number of carbonyl (C=O) groups excluding carboxylic acids is 2. The van der Waals surface area contributed by atoms with Gasteiger partial charge >= 0.3 is 0 Å². The van der Waals surface area contributed by atoms with Gasteiger partial charge in [0, 0.05) is 24.5 Å². The fourth-order valence-corrected chi connectivity index (χ4v) is 4.63. The van der Waals surface area contributed by atoms with E-state index in [2.05, 4.69) is 4.98 Å². The van der Waals surface area contributed by atoms with Crippen molar-refractivity contribution in [3.05, 3.63) is 125 Å². The molecule has 38 heavy (non-hydrogen) atoms. The molecule has 0 aliphatic carbocycles. The molecule has 1 amide bonds. The zero-order valence-electron chi connectivity index (χ0n) is 21.0. The van der Waals surface area contributed by atoms with Crippen molar-refractivity contribution in [3.63, 3.8) is 0 Å². The number of carbonyl (C=O) groups is 2. The number of rotatable bonds is 7. The minimum Gasteiger partial charge on any atom is -0.507 e. The molecular formula is C31H26N2O5. The number of para-hydroxylation sites is 1. The van der Waals surface area contributed by atoms with Gasteiger partial charge < -0.3 is 19.5 Å². The number of hydrogen-bond donors (Lipinski definition) is 1. The number of Topliss-reactive ketones (excluding diaryl/α,β-unsaturated/α-hetero) is 1. The van der Waals surface area contributed by atoms with Crippen LogP contribution in [-0.4, -0.2) is 33.8 Å². The van der Waals surface area contributed by atoms with Crippen molar-refractivity contribution >= 4 is 17.4 Å². The molecule has 1 aromatic heterocycles. The minimum absolute atomic E-state index is 0.0142. The van der Waals surface area contributed by atoms with E-state index in [1.54, 1.807) is 62.0 Å². The fraction of sp³-hybridized carbons (Fsp3) is 0.129. The van der Waals surface area contributed by atoms with Gasteiger partial charge in [-0.15, -0.1) is 0 Å². The van der Waals surface area contributed by atoms with Gasteiger partial charge in [-0.2, -0.15) is 0 Å². The molecule has 1 aliphatic rings. The van der Waals surface area contributed by atoms with Crippen molar-refractivity contribution < 1.29 is 24.2 Å². The number of aliphatic hydroxyl groups is 1. The Morgan fingerprint density at radius 2 is 1.74 bits per heavy atom. The van der Waals surface area contributed by atoms with E-state index in [9.17, 15) is 14.7 Å².